The van der Waals surface area contributed by atoms with Crippen molar-refractivity contribution in [2.45, 2.75) is 18.5 Å². The van der Waals surface area contributed by atoms with Crippen LogP contribution in [0.4, 0.5) is 5.69 Å². The second-order valence-electron chi connectivity index (χ2n) is 4.28. The topological polar surface area (TPSA) is 85.1 Å². The molecule has 2 aromatic rings. The lowest BCUT2D eigenvalue weighted by atomic mass is 10.2. The number of nitrogens with zero attached hydrogens (tertiary/aromatic N) is 1. The first-order valence-electron chi connectivity index (χ1n) is 5.86. The zero-order chi connectivity index (χ0) is 14.8. The normalized spacial score (nSPS) is 11.3. The van der Waals surface area contributed by atoms with Crippen LogP contribution in [0, 0.1) is 6.92 Å². The zero-order valence-electron chi connectivity index (χ0n) is 10.8. The quantitative estimate of drug-likeness (QED) is 0.907. The van der Waals surface area contributed by atoms with Crippen molar-refractivity contribution < 1.29 is 8.42 Å². The summed E-state index contributed by atoms with van der Waals surface area (Å²) in [6.07, 6.45) is 1.44. The van der Waals surface area contributed by atoms with E-state index < -0.39 is 10.0 Å². The number of pyridine rings is 1. The molecule has 1 heterocycles. The van der Waals surface area contributed by atoms with Gasteiger partial charge in [0, 0.05) is 17.8 Å². The van der Waals surface area contributed by atoms with Crippen LogP contribution >= 0.6 is 11.6 Å². The second-order valence-corrected chi connectivity index (χ2v) is 6.31. The van der Waals surface area contributed by atoms with Gasteiger partial charge in [-0.05, 0) is 36.2 Å². The molecule has 7 heteroatoms. The number of halogens is 1. The van der Waals surface area contributed by atoms with Crippen LogP contribution < -0.4 is 10.5 Å². The Morgan fingerprint density at radius 3 is 2.60 bits per heavy atom. The van der Waals surface area contributed by atoms with Gasteiger partial charge in [-0.15, -0.1) is 0 Å². The summed E-state index contributed by atoms with van der Waals surface area (Å²) >= 11 is 5.96. The fourth-order valence-electron chi connectivity index (χ4n) is 1.55. The van der Waals surface area contributed by atoms with Crippen molar-refractivity contribution in [2.24, 2.45) is 5.73 Å². The van der Waals surface area contributed by atoms with E-state index in [2.05, 4.69) is 9.71 Å². The molecular weight excluding hydrogens is 298 g/mol. The van der Waals surface area contributed by atoms with Gasteiger partial charge in [0.15, 0.2) is 5.03 Å². The predicted molar refractivity (Wildman–Crippen MR) is 79.1 cm³/mol. The Morgan fingerprint density at radius 1 is 1.30 bits per heavy atom. The lowest BCUT2D eigenvalue weighted by Gasteiger charge is -2.09. The van der Waals surface area contributed by atoms with Crippen LogP contribution in [0.1, 0.15) is 11.1 Å². The number of sulfonamides is 1. The van der Waals surface area contributed by atoms with E-state index in [4.69, 9.17) is 17.3 Å². The molecule has 0 saturated carbocycles. The van der Waals surface area contributed by atoms with Gasteiger partial charge in [-0.2, -0.15) is 8.42 Å². The van der Waals surface area contributed by atoms with Crippen molar-refractivity contribution >= 4 is 27.3 Å². The molecule has 0 aliphatic carbocycles. The van der Waals surface area contributed by atoms with Gasteiger partial charge in [-0.25, -0.2) is 4.98 Å². The Labute approximate surface area is 122 Å². The number of nitrogens with one attached hydrogen (secondary N) is 1. The standard InChI is InChI=1S/C13H14ClN3O2S/c1-9-2-4-11(6-12(9)14)17-20(18,19)13-5-3-10(7-15)8-16-13/h2-6,8,17H,7,15H2,1H3. The molecule has 0 spiro atoms. The molecule has 3 N–H and O–H groups in total. The van der Waals surface area contributed by atoms with E-state index in [0.717, 1.165) is 11.1 Å². The molecule has 0 radical (unpaired) electrons. The lowest BCUT2D eigenvalue weighted by molar-refractivity contribution is 0.597. The highest BCUT2D eigenvalue weighted by Crippen LogP contribution is 2.22. The van der Waals surface area contributed by atoms with Crippen molar-refractivity contribution in [1.29, 1.82) is 0 Å². The third-order valence-electron chi connectivity index (χ3n) is 2.73. The first-order chi connectivity index (χ1) is 9.42. The van der Waals surface area contributed by atoms with Crippen molar-refractivity contribution in [1.82, 2.24) is 4.98 Å². The molecule has 0 bridgehead atoms. The molecule has 0 aliphatic rings. The van der Waals surface area contributed by atoms with E-state index >= 15 is 0 Å². The van der Waals surface area contributed by atoms with Crippen LogP contribution in [0.5, 0.6) is 0 Å². The monoisotopic (exact) mass is 311 g/mol. The van der Waals surface area contributed by atoms with Crippen LogP contribution in [-0.4, -0.2) is 13.4 Å². The maximum absolute atomic E-state index is 12.1. The molecule has 5 nitrogen and oxygen atoms in total. The number of aryl methyl sites for hydroxylation is 1. The molecule has 0 saturated heterocycles. The van der Waals surface area contributed by atoms with Gasteiger partial charge in [0.2, 0.25) is 0 Å². The zero-order valence-corrected chi connectivity index (χ0v) is 12.4. The maximum atomic E-state index is 12.1. The van der Waals surface area contributed by atoms with Crippen molar-refractivity contribution in [3.8, 4) is 0 Å². The number of nitrogens with two attached hydrogens (primary N) is 1. The summed E-state index contributed by atoms with van der Waals surface area (Å²) in [5.74, 6) is 0. The summed E-state index contributed by atoms with van der Waals surface area (Å²) < 4.78 is 26.7. The molecule has 0 aliphatic heterocycles. The number of aromatic nitrogens is 1. The van der Waals surface area contributed by atoms with E-state index in [1.54, 1.807) is 24.3 Å². The molecule has 1 aromatic carbocycles. The minimum atomic E-state index is -3.73. The first kappa shape index (κ1) is 14.8. The number of benzene rings is 1. The molecule has 0 fully saturated rings. The lowest BCUT2D eigenvalue weighted by Crippen LogP contribution is -2.14. The average Bonchev–Trinajstić information content (AvgIpc) is 2.43. The van der Waals surface area contributed by atoms with E-state index in [1.165, 1.54) is 12.3 Å². The highest BCUT2D eigenvalue weighted by atomic mass is 35.5. The Hall–Kier alpha value is -1.63. The van der Waals surface area contributed by atoms with Crippen LogP contribution in [0.3, 0.4) is 0 Å². The number of hydrogen-bond acceptors (Lipinski definition) is 4. The highest BCUT2D eigenvalue weighted by molar-refractivity contribution is 7.92. The van der Waals surface area contributed by atoms with Crippen LogP contribution in [-0.2, 0) is 16.6 Å². The maximum Gasteiger partial charge on any atom is 0.279 e. The molecule has 106 valence electrons. The van der Waals surface area contributed by atoms with Crippen molar-refractivity contribution in [2.75, 3.05) is 4.72 Å². The molecule has 2 rings (SSSR count). The summed E-state index contributed by atoms with van der Waals surface area (Å²) in [5.41, 5.74) is 7.48. The van der Waals surface area contributed by atoms with Crippen molar-refractivity contribution in [3.63, 3.8) is 0 Å². The summed E-state index contributed by atoms with van der Waals surface area (Å²) in [4.78, 5) is 3.89. The van der Waals surface area contributed by atoms with E-state index in [9.17, 15) is 8.42 Å². The van der Waals surface area contributed by atoms with Gasteiger partial charge in [-0.3, -0.25) is 4.72 Å². The summed E-state index contributed by atoms with van der Waals surface area (Å²) in [6, 6.07) is 7.99. The Morgan fingerprint density at radius 2 is 2.05 bits per heavy atom. The molecular formula is C13H14ClN3O2S. The van der Waals surface area contributed by atoms with Gasteiger partial charge in [0.25, 0.3) is 10.0 Å². The largest absolute Gasteiger partial charge is 0.326 e. The minimum Gasteiger partial charge on any atom is -0.326 e. The molecule has 0 atom stereocenters. The van der Waals surface area contributed by atoms with E-state index in [-0.39, 0.29) is 5.03 Å². The number of hydrogen-bond donors (Lipinski definition) is 2. The highest BCUT2D eigenvalue weighted by Gasteiger charge is 2.16. The molecule has 0 unspecified atom stereocenters. The predicted octanol–water partition coefficient (Wildman–Crippen LogP) is 2.30. The molecule has 20 heavy (non-hydrogen) atoms. The van der Waals surface area contributed by atoms with Gasteiger partial charge >= 0.3 is 0 Å². The van der Waals surface area contributed by atoms with E-state index in [1.807, 2.05) is 6.92 Å². The second kappa shape index (κ2) is 5.78. The van der Waals surface area contributed by atoms with Crippen LogP contribution in [0.15, 0.2) is 41.6 Å². The molecule has 0 amide bonds. The van der Waals surface area contributed by atoms with Crippen LogP contribution in [0.25, 0.3) is 0 Å². The number of rotatable bonds is 4. The van der Waals surface area contributed by atoms with Gasteiger partial charge in [0.1, 0.15) is 0 Å². The Kier molecular flexibility index (Phi) is 4.27. The Balaban J connectivity index is 2.27. The Bertz CT molecular complexity index is 715. The van der Waals surface area contributed by atoms with Gasteiger partial charge in [-0.1, -0.05) is 23.7 Å². The first-order valence-corrected chi connectivity index (χ1v) is 7.72. The fourth-order valence-corrected chi connectivity index (χ4v) is 2.72. The van der Waals surface area contributed by atoms with Gasteiger partial charge < -0.3 is 5.73 Å². The van der Waals surface area contributed by atoms with E-state index in [0.29, 0.717) is 17.3 Å². The van der Waals surface area contributed by atoms with Gasteiger partial charge in [0.05, 0.1) is 5.69 Å². The smallest absolute Gasteiger partial charge is 0.279 e. The molecule has 1 aromatic heterocycles. The summed E-state index contributed by atoms with van der Waals surface area (Å²) in [7, 11) is -3.73. The van der Waals surface area contributed by atoms with Crippen LogP contribution in [0.2, 0.25) is 5.02 Å². The van der Waals surface area contributed by atoms with Crippen molar-refractivity contribution in [3.05, 3.63) is 52.7 Å². The fraction of sp³-hybridized carbons (Fsp3) is 0.154. The third kappa shape index (κ3) is 3.27. The third-order valence-corrected chi connectivity index (χ3v) is 4.44. The summed E-state index contributed by atoms with van der Waals surface area (Å²) in [5, 5.41) is 0.433. The SMILES string of the molecule is Cc1ccc(NS(=O)(=O)c2ccc(CN)cn2)cc1Cl. The number of anilines is 1. The minimum absolute atomic E-state index is 0.0635. The summed E-state index contributed by atoms with van der Waals surface area (Å²) in [6.45, 7) is 2.15. The average molecular weight is 312 g/mol.